The predicted octanol–water partition coefficient (Wildman–Crippen LogP) is 0.610. The van der Waals surface area contributed by atoms with Gasteiger partial charge < -0.3 is 9.73 Å². The van der Waals surface area contributed by atoms with E-state index in [9.17, 15) is 4.79 Å². The van der Waals surface area contributed by atoms with Crippen LogP contribution in [0.25, 0.3) is 0 Å². The summed E-state index contributed by atoms with van der Waals surface area (Å²) in [4.78, 5) is 11.6. The van der Waals surface area contributed by atoms with E-state index in [1.807, 2.05) is 6.92 Å². The summed E-state index contributed by atoms with van der Waals surface area (Å²) in [5, 5.41) is 10.2. The standard InChI is InChI=1S/C10H12N4O2/c1-8-2-7-16-9(8)10(15)11-3-5-14-6-4-12-13-14/h2,4,6-7H,3,5H2,1H3,(H,11,15). The maximum Gasteiger partial charge on any atom is 0.287 e. The first kappa shape index (κ1) is 10.4. The molecule has 0 atom stereocenters. The molecule has 0 saturated heterocycles. The summed E-state index contributed by atoms with van der Waals surface area (Å²) in [6, 6.07) is 1.76. The summed E-state index contributed by atoms with van der Waals surface area (Å²) in [6.07, 6.45) is 4.84. The molecule has 1 N–H and O–H groups in total. The van der Waals surface area contributed by atoms with Crippen LogP contribution in [0.15, 0.2) is 29.1 Å². The van der Waals surface area contributed by atoms with Gasteiger partial charge in [0.2, 0.25) is 0 Å². The summed E-state index contributed by atoms with van der Waals surface area (Å²) >= 11 is 0. The van der Waals surface area contributed by atoms with Crippen LogP contribution in [0.5, 0.6) is 0 Å². The van der Waals surface area contributed by atoms with Crippen molar-refractivity contribution >= 4 is 5.91 Å². The van der Waals surface area contributed by atoms with Gasteiger partial charge in [0.25, 0.3) is 5.91 Å². The number of furan rings is 1. The molecule has 0 saturated carbocycles. The number of aryl methyl sites for hydroxylation is 1. The van der Waals surface area contributed by atoms with E-state index in [1.54, 1.807) is 23.1 Å². The Bertz CT molecular complexity index is 461. The van der Waals surface area contributed by atoms with E-state index >= 15 is 0 Å². The Morgan fingerprint density at radius 2 is 2.50 bits per heavy atom. The number of rotatable bonds is 4. The fraction of sp³-hybridized carbons (Fsp3) is 0.300. The van der Waals surface area contributed by atoms with E-state index in [4.69, 9.17) is 4.42 Å². The van der Waals surface area contributed by atoms with Gasteiger partial charge in [0.15, 0.2) is 5.76 Å². The fourth-order valence-corrected chi connectivity index (χ4v) is 1.32. The molecule has 0 aliphatic heterocycles. The SMILES string of the molecule is Cc1ccoc1C(=O)NCCn1ccnn1. The number of hydrogen-bond acceptors (Lipinski definition) is 4. The van der Waals surface area contributed by atoms with Crippen LogP contribution < -0.4 is 5.32 Å². The monoisotopic (exact) mass is 220 g/mol. The second-order valence-corrected chi connectivity index (χ2v) is 3.35. The first-order valence-corrected chi connectivity index (χ1v) is 4.94. The summed E-state index contributed by atoms with van der Waals surface area (Å²) < 4.78 is 6.72. The summed E-state index contributed by atoms with van der Waals surface area (Å²) in [7, 11) is 0. The average molecular weight is 220 g/mol. The molecule has 2 heterocycles. The van der Waals surface area contributed by atoms with E-state index in [2.05, 4.69) is 15.6 Å². The molecular weight excluding hydrogens is 208 g/mol. The Labute approximate surface area is 92.2 Å². The molecule has 6 heteroatoms. The topological polar surface area (TPSA) is 73.0 Å². The third-order valence-electron chi connectivity index (χ3n) is 2.17. The molecular formula is C10H12N4O2. The lowest BCUT2D eigenvalue weighted by molar-refractivity contribution is 0.0923. The van der Waals surface area contributed by atoms with Crippen molar-refractivity contribution in [2.45, 2.75) is 13.5 Å². The van der Waals surface area contributed by atoms with Crippen molar-refractivity contribution in [2.75, 3.05) is 6.54 Å². The van der Waals surface area contributed by atoms with Crippen LogP contribution in [0.2, 0.25) is 0 Å². The molecule has 0 aliphatic carbocycles. The van der Waals surface area contributed by atoms with Gasteiger partial charge in [-0.25, -0.2) is 0 Å². The van der Waals surface area contributed by atoms with Gasteiger partial charge >= 0.3 is 0 Å². The maximum absolute atomic E-state index is 11.6. The molecule has 0 aromatic carbocycles. The van der Waals surface area contributed by atoms with Crippen LogP contribution in [0.3, 0.4) is 0 Å². The summed E-state index contributed by atoms with van der Waals surface area (Å²) in [5.41, 5.74) is 0.832. The molecule has 0 bridgehead atoms. The number of carbonyl (C=O) groups is 1. The fourth-order valence-electron chi connectivity index (χ4n) is 1.32. The van der Waals surface area contributed by atoms with Crippen LogP contribution in [0.1, 0.15) is 16.1 Å². The molecule has 0 fully saturated rings. The van der Waals surface area contributed by atoms with Crippen molar-refractivity contribution < 1.29 is 9.21 Å². The smallest absolute Gasteiger partial charge is 0.287 e. The number of carbonyl (C=O) groups excluding carboxylic acids is 1. The maximum atomic E-state index is 11.6. The lowest BCUT2D eigenvalue weighted by Crippen LogP contribution is -2.27. The van der Waals surface area contributed by atoms with Gasteiger partial charge in [-0.05, 0) is 13.0 Å². The third-order valence-corrected chi connectivity index (χ3v) is 2.17. The summed E-state index contributed by atoms with van der Waals surface area (Å²) in [5.74, 6) is 0.154. The number of aromatic nitrogens is 3. The van der Waals surface area contributed by atoms with Crippen LogP contribution in [-0.2, 0) is 6.54 Å². The molecule has 0 aliphatic rings. The van der Waals surface area contributed by atoms with Crippen LogP contribution in [0, 0.1) is 6.92 Å². The second kappa shape index (κ2) is 4.61. The van der Waals surface area contributed by atoms with E-state index in [1.165, 1.54) is 6.26 Å². The third kappa shape index (κ3) is 2.28. The van der Waals surface area contributed by atoms with Gasteiger partial charge in [0.1, 0.15) is 0 Å². The van der Waals surface area contributed by atoms with E-state index in [0.717, 1.165) is 5.56 Å². The van der Waals surface area contributed by atoms with Crippen molar-refractivity contribution in [1.82, 2.24) is 20.3 Å². The van der Waals surface area contributed by atoms with Gasteiger partial charge in [-0.2, -0.15) is 0 Å². The minimum Gasteiger partial charge on any atom is -0.459 e. The zero-order valence-electron chi connectivity index (χ0n) is 8.88. The van der Waals surface area contributed by atoms with Crippen molar-refractivity contribution in [3.8, 4) is 0 Å². The molecule has 0 spiro atoms. The minimum atomic E-state index is -0.206. The highest BCUT2D eigenvalue weighted by Crippen LogP contribution is 2.07. The highest BCUT2D eigenvalue weighted by molar-refractivity contribution is 5.92. The van der Waals surface area contributed by atoms with Gasteiger partial charge in [-0.15, -0.1) is 5.10 Å². The quantitative estimate of drug-likeness (QED) is 0.819. The molecule has 1 amide bonds. The Morgan fingerprint density at radius 3 is 3.12 bits per heavy atom. The Morgan fingerprint density at radius 1 is 1.62 bits per heavy atom. The number of nitrogens with one attached hydrogen (secondary N) is 1. The van der Waals surface area contributed by atoms with E-state index in [0.29, 0.717) is 18.8 Å². The average Bonchev–Trinajstić information content (AvgIpc) is 2.88. The molecule has 0 unspecified atom stereocenters. The van der Waals surface area contributed by atoms with Gasteiger partial charge in [0.05, 0.1) is 19.0 Å². The van der Waals surface area contributed by atoms with E-state index in [-0.39, 0.29) is 5.91 Å². The molecule has 6 nitrogen and oxygen atoms in total. The molecule has 0 radical (unpaired) electrons. The molecule has 16 heavy (non-hydrogen) atoms. The number of nitrogens with zero attached hydrogens (tertiary/aromatic N) is 3. The molecule has 2 aromatic rings. The Kier molecular flexibility index (Phi) is 3.00. The normalized spacial score (nSPS) is 10.3. The largest absolute Gasteiger partial charge is 0.459 e. The first-order valence-electron chi connectivity index (χ1n) is 4.94. The van der Waals surface area contributed by atoms with Crippen LogP contribution >= 0.6 is 0 Å². The molecule has 2 aromatic heterocycles. The van der Waals surface area contributed by atoms with Crippen molar-refractivity contribution in [3.05, 3.63) is 36.0 Å². The van der Waals surface area contributed by atoms with Crippen molar-refractivity contribution in [3.63, 3.8) is 0 Å². The Hall–Kier alpha value is -2.11. The predicted molar refractivity (Wildman–Crippen MR) is 55.8 cm³/mol. The molecule has 84 valence electrons. The second-order valence-electron chi connectivity index (χ2n) is 3.35. The molecule has 2 rings (SSSR count). The number of amides is 1. The van der Waals surface area contributed by atoms with Gasteiger partial charge in [0, 0.05) is 18.3 Å². The Balaban J connectivity index is 1.83. The van der Waals surface area contributed by atoms with Crippen molar-refractivity contribution in [1.29, 1.82) is 0 Å². The van der Waals surface area contributed by atoms with Crippen molar-refractivity contribution in [2.24, 2.45) is 0 Å². The van der Waals surface area contributed by atoms with Crippen LogP contribution in [0.4, 0.5) is 0 Å². The zero-order valence-corrected chi connectivity index (χ0v) is 8.88. The number of hydrogen-bond donors (Lipinski definition) is 1. The minimum absolute atomic E-state index is 0.206. The first-order chi connectivity index (χ1) is 7.77. The highest BCUT2D eigenvalue weighted by atomic mass is 16.3. The van der Waals surface area contributed by atoms with Gasteiger partial charge in [-0.1, -0.05) is 5.21 Å². The summed E-state index contributed by atoms with van der Waals surface area (Å²) in [6.45, 7) is 2.91. The lowest BCUT2D eigenvalue weighted by atomic mass is 10.3. The highest BCUT2D eigenvalue weighted by Gasteiger charge is 2.11. The van der Waals surface area contributed by atoms with Gasteiger partial charge in [-0.3, -0.25) is 9.48 Å². The van der Waals surface area contributed by atoms with E-state index < -0.39 is 0 Å². The van der Waals surface area contributed by atoms with Crippen LogP contribution in [-0.4, -0.2) is 27.4 Å². The zero-order chi connectivity index (χ0) is 11.4. The lowest BCUT2D eigenvalue weighted by Gasteiger charge is -2.03.